The molecule has 23 heavy (non-hydrogen) atoms. The second-order valence-electron chi connectivity index (χ2n) is 6.29. The van der Waals surface area contributed by atoms with Crippen LogP contribution in [0.1, 0.15) is 42.0 Å². The molecule has 1 aliphatic carbocycles. The van der Waals surface area contributed by atoms with E-state index in [9.17, 15) is 4.79 Å². The van der Waals surface area contributed by atoms with Gasteiger partial charge in [0.25, 0.3) is 0 Å². The fraction of sp³-hybridized carbons (Fsp3) is 0.471. The average Bonchev–Trinajstić information content (AvgIpc) is 3.26. The van der Waals surface area contributed by atoms with Gasteiger partial charge in [0.15, 0.2) is 5.82 Å². The third-order valence-electron chi connectivity index (χ3n) is 4.50. The van der Waals surface area contributed by atoms with Gasteiger partial charge in [-0.1, -0.05) is 17.3 Å². The first-order valence-electron chi connectivity index (χ1n) is 7.97. The largest absolute Gasteiger partial charge is 0.497 e. The normalized spacial score (nSPS) is 17.9. The molecule has 0 N–H and O–H groups in total. The first-order chi connectivity index (χ1) is 11.2. The Morgan fingerprint density at radius 1 is 1.26 bits per heavy atom. The van der Waals surface area contributed by atoms with Crippen LogP contribution in [0.2, 0.25) is 0 Å². The molecule has 1 amide bonds. The first-order valence-corrected chi connectivity index (χ1v) is 7.97. The molecule has 6 nitrogen and oxygen atoms in total. The highest BCUT2D eigenvalue weighted by atomic mass is 16.5. The van der Waals surface area contributed by atoms with Gasteiger partial charge < -0.3 is 14.2 Å². The van der Waals surface area contributed by atoms with Crippen molar-refractivity contribution in [2.24, 2.45) is 0 Å². The summed E-state index contributed by atoms with van der Waals surface area (Å²) in [6.45, 7) is 1.34. The minimum atomic E-state index is 0.133. The SMILES string of the molecule is COc1ccc(CC(=O)N2CC(c3nc(C4CC4)no3)C2)cc1. The van der Waals surface area contributed by atoms with Gasteiger partial charge in [-0.05, 0) is 30.5 Å². The highest BCUT2D eigenvalue weighted by molar-refractivity contribution is 5.79. The summed E-state index contributed by atoms with van der Waals surface area (Å²) in [4.78, 5) is 18.6. The van der Waals surface area contributed by atoms with Crippen molar-refractivity contribution in [3.63, 3.8) is 0 Å². The molecule has 120 valence electrons. The van der Waals surface area contributed by atoms with Crippen LogP contribution in [0.5, 0.6) is 5.75 Å². The van der Waals surface area contributed by atoms with Crippen LogP contribution in [-0.2, 0) is 11.2 Å². The molecule has 4 rings (SSSR count). The number of ether oxygens (including phenoxy) is 1. The first kappa shape index (κ1) is 14.2. The predicted molar refractivity (Wildman–Crippen MR) is 82.3 cm³/mol. The number of likely N-dealkylation sites (tertiary alicyclic amines) is 1. The zero-order chi connectivity index (χ0) is 15.8. The van der Waals surface area contributed by atoms with E-state index in [-0.39, 0.29) is 11.8 Å². The number of hydrogen-bond donors (Lipinski definition) is 0. The van der Waals surface area contributed by atoms with Crippen molar-refractivity contribution in [2.75, 3.05) is 20.2 Å². The third-order valence-corrected chi connectivity index (χ3v) is 4.50. The lowest BCUT2D eigenvalue weighted by Gasteiger charge is -2.37. The molecule has 0 spiro atoms. The van der Waals surface area contributed by atoms with Crippen molar-refractivity contribution < 1.29 is 14.1 Å². The maximum Gasteiger partial charge on any atom is 0.233 e. The molecular weight excluding hydrogens is 294 g/mol. The van der Waals surface area contributed by atoms with Crippen LogP contribution in [0.3, 0.4) is 0 Å². The van der Waals surface area contributed by atoms with Crippen LogP contribution in [-0.4, -0.2) is 41.1 Å². The Balaban J connectivity index is 1.30. The number of carbonyl (C=O) groups excluding carboxylic acids is 1. The van der Waals surface area contributed by atoms with Gasteiger partial charge in [-0.25, -0.2) is 0 Å². The molecule has 0 atom stereocenters. The van der Waals surface area contributed by atoms with Gasteiger partial charge in [-0.2, -0.15) is 4.98 Å². The van der Waals surface area contributed by atoms with Gasteiger partial charge in [-0.3, -0.25) is 4.79 Å². The maximum atomic E-state index is 12.3. The van der Waals surface area contributed by atoms with Gasteiger partial charge in [0, 0.05) is 19.0 Å². The van der Waals surface area contributed by atoms with Crippen molar-refractivity contribution in [1.82, 2.24) is 15.0 Å². The minimum Gasteiger partial charge on any atom is -0.497 e. The average molecular weight is 313 g/mol. The lowest BCUT2D eigenvalue weighted by atomic mass is 9.99. The van der Waals surface area contributed by atoms with Gasteiger partial charge >= 0.3 is 0 Å². The van der Waals surface area contributed by atoms with Crippen LogP contribution in [0.4, 0.5) is 0 Å². The number of hydrogen-bond acceptors (Lipinski definition) is 5. The van der Waals surface area contributed by atoms with Crippen molar-refractivity contribution in [2.45, 2.75) is 31.1 Å². The van der Waals surface area contributed by atoms with Crippen molar-refractivity contribution in [3.05, 3.63) is 41.5 Å². The van der Waals surface area contributed by atoms with Crippen LogP contribution < -0.4 is 4.74 Å². The standard InChI is InChI=1S/C17H19N3O3/c1-22-14-6-2-11(3-7-14)8-15(21)20-9-13(10-20)17-18-16(19-23-17)12-4-5-12/h2-3,6-7,12-13H,4-5,8-10H2,1H3. The number of benzene rings is 1. The van der Waals surface area contributed by atoms with E-state index in [1.165, 1.54) is 0 Å². The van der Waals surface area contributed by atoms with Crippen molar-refractivity contribution in [1.29, 1.82) is 0 Å². The van der Waals surface area contributed by atoms with Gasteiger partial charge in [-0.15, -0.1) is 0 Å². The maximum absolute atomic E-state index is 12.3. The van der Waals surface area contributed by atoms with E-state index < -0.39 is 0 Å². The molecule has 1 aliphatic heterocycles. The second-order valence-corrected chi connectivity index (χ2v) is 6.29. The lowest BCUT2D eigenvalue weighted by Crippen LogP contribution is -2.49. The number of aromatic nitrogens is 2. The molecular formula is C17H19N3O3. The number of amides is 1. The highest BCUT2D eigenvalue weighted by Gasteiger charge is 2.37. The fourth-order valence-electron chi connectivity index (χ4n) is 2.79. The fourth-order valence-corrected chi connectivity index (χ4v) is 2.79. The topological polar surface area (TPSA) is 68.5 Å². The summed E-state index contributed by atoms with van der Waals surface area (Å²) >= 11 is 0. The Hall–Kier alpha value is -2.37. The highest BCUT2D eigenvalue weighted by Crippen LogP contribution is 2.39. The van der Waals surface area contributed by atoms with E-state index in [1.54, 1.807) is 7.11 Å². The van der Waals surface area contributed by atoms with Crippen LogP contribution >= 0.6 is 0 Å². The summed E-state index contributed by atoms with van der Waals surface area (Å²) in [5.41, 5.74) is 0.994. The summed E-state index contributed by atoms with van der Waals surface area (Å²) in [7, 11) is 1.63. The van der Waals surface area contributed by atoms with E-state index in [1.807, 2.05) is 29.2 Å². The molecule has 1 aromatic heterocycles. The zero-order valence-electron chi connectivity index (χ0n) is 13.1. The molecule has 6 heteroatoms. The van der Waals surface area contributed by atoms with E-state index in [0.29, 0.717) is 31.3 Å². The summed E-state index contributed by atoms with van der Waals surface area (Å²) in [5, 5.41) is 4.03. The molecule has 2 aliphatic rings. The Labute approximate surface area is 134 Å². The van der Waals surface area contributed by atoms with E-state index >= 15 is 0 Å². The molecule has 2 heterocycles. The molecule has 2 aromatic rings. The van der Waals surface area contributed by atoms with Gasteiger partial charge in [0.2, 0.25) is 11.8 Å². The monoisotopic (exact) mass is 313 g/mol. The van der Waals surface area contributed by atoms with E-state index in [0.717, 1.165) is 30.0 Å². The number of carbonyl (C=O) groups is 1. The van der Waals surface area contributed by atoms with E-state index in [4.69, 9.17) is 9.26 Å². The Morgan fingerprint density at radius 2 is 2.00 bits per heavy atom. The van der Waals surface area contributed by atoms with E-state index in [2.05, 4.69) is 10.1 Å². The molecule has 1 aromatic carbocycles. The Morgan fingerprint density at radius 3 is 2.65 bits per heavy atom. The summed E-state index contributed by atoms with van der Waals surface area (Å²) in [6.07, 6.45) is 2.74. The smallest absolute Gasteiger partial charge is 0.233 e. The summed E-state index contributed by atoms with van der Waals surface area (Å²) in [5.74, 6) is 3.14. The number of methoxy groups -OCH3 is 1. The quantitative estimate of drug-likeness (QED) is 0.846. The van der Waals surface area contributed by atoms with Crippen molar-refractivity contribution in [3.8, 4) is 5.75 Å². The molecule has 0 radical (unpaired) electrons. The molecule has 2 fully saturated rings. The number of rotatable bonds is 5. The Kier molecular flexibility index (Phi) is 3.52. The Bertz CT molecular complexity index is 700. The van der Waals surface area contributed by atoms with Crippen LogP contribution in [0.15, 0.2) is 28.8 Å². The molecule has 0 unspecified atom stereocenters. The molecule has 1 saturated carbocycles. The van der Waals surface area contributed by atoms with Crippen LogP contribution in [0, 0.1) is 0 Å². The minimum absolute atomic E-state index is 0.133. The van der Waals surface area contributed by atoms with Gasteiger partial charge in [0.05, 0.1) is 19.4 Å². The summed E-state index contributed by atoms with van der Waals surface area (Å²) < 4.78 is 10.5. The summed E-state index contributed by atoms with van der Waals surface area (Å²) in [6, 6.07) is 7.60. The zero-order valence-corrected chi connectivity index (χ0v) is 13.1. The van der Waals surface area contributed by atoms with Crippen LogP contribution in [0.25, 0.3) is 0 Å². The number of nitrogens with zero attached hydrogens (tertiary/aromatic N) is 3. The lowest BCUT2D eigenvalue weighted by molar-refractivity contribution is -0.135. The van der Waals surface area contributed by atoms with Crippen molar-refractivity contribution >= 4 is 5.91 Å². The van der Waals surface area contributed by atoms with Gasteiger partial charge in [0.1, 0.15) is 5.75 Å². The molecule has 1 saturated heterocycles. The third kappa shape index (κ3) is 2.93. The predicted octanol–water partition coefficient (Wildman–Crippen LogP) is 2.12. The second kappa shape index (κ2) is 5.68. The molecule has 0 bridgehead atoms.